The Kier molecular flexibility index (Phi) is 6.04. The number of thiophene rings is 1. The minimum atomic E-state index is 0.663. The van der Waals surface area contributed by atoms with Gasteiger partial charge in [-0.3, -0.25) is 0 Å². The van der Waals surface area contributed by atoms with Gasteiger partial charge in [-0.05, 0) is 30.5 Å². The molecule has 0 aliphatic carbocycles. The van der Waals surface area contributed by atoms with Gasteiger partial charge in [-0.1, -0.05) is 23.7 Å². The Morgan fingerprint density at radius 3 is 2.84 bits per heavy atom. The van der Waals surface area contributed by atoms with Crippen molar-refractivity contribution in [2.75, 3.05) is 19.4 Å². The summed E-state index contributed by atoms with van der Waals surface area (Å²) in [5.41, 5.74) is 0. The van der Waals surface area contributed by atoms with Crippen LogP contribution in [0, 0.1) is 0 Å². The van der Waals surface area contributed by atoms with E-state index >= 15 is 0 Å². The minimum absolute atomic E-state index is 0.663. The molecule has 0 aliphatic rings. The highest BCUT2D eigenvalue weighted by Crippen LogP contribution is 2.26. The summed E-state index contributed by atoms with van der Waals surface area (Å²) in [5, 5.41) is 3.34. The molecular weight excluding hydrogens is 298 g/mol. The van der Waals surface area contributed by atoms with E-state index in [9.17, 15) is 0 Å². The summed E-state index contributed by atoms with van der Waals surface area (Å²) in [6, 6.07) is 12.1. The number of hydrogen-bond acceptors (Lipinski definition) is 4. The maximum atomic E-state index is 5.88. The molecule has 0 bridgehead atoms. The highest BCUT2D eigenvalue weighted by molar-refractivity contribution is 7.98. The molecule has 0 atom stereocenters. The zero-order chi connectivity index (χ0) is 13.5. The summed E-state index contributed by atoms with van der Waals surface area (Å²) in [6.45, 7) is 2.32. The SMILES string of the molecule is CSc1ccccc1OCCNCc1ccc(Cl)s1. The molecule has 1 aromatic carbocycles. The molecule has 1 aromatic heterocycles. The van der Waals surface area contributed by atoms with Gasteiger partial charge in [0.05, 0.1) is 4.34 Å². The fourth-order valence-electron chi connectivity index (χ4n) is 1.63. The third-order valence-corrected chi connectivity index (χ3v) is 4.54. The van der Waals surface area contributed by atoms with Gasteiger partial charge in [0.15, 0.2) is 0 Å². The lowest BCUT2D eigenvalue weighted by atomic mass is 10.3. The molecule has 19 heavy (non-hydrogen) atoms. The van der Waals surface area contributed by atoms with Crippen LogP contribution in [0.1, 0.15) is 4.88 Å². The maximum Gasteiger partial charge on any atom is 0.132 e. The Morgan fingerprint density at radius 1 is 1.26 bits per heavy atom. The van der Waals surface area contributed by atoms with Crippen LogP contribution in [0.2, 0.25) is 4.34 Å². The minimum Gasteiger partial charge on any atom is -0.491 e. The predicted octanol–water partition coefficient (Wildman–Crippen LogP) is 4.29. The van der Waals surface area contributed by atoms with Gasteiger partial charge < -0.3 is 10.1 Å². The zero-order valence-electron chi connectivity index (χ0n) is 10.7. The lowest BCUT2D eigenvalue weighted by Gasteiger charge is -2.10. The highest BCUT2D eigenvalue weighted by atomic mass is 35.5. The maximum absolute atomic E-state index is 5.88. The normalized spacial score (nSPS) is 10.6. The smallest absolute Gasteiger partial charge is 0.132 e. The molecule has 1 heterocycles. The summed E-state index contributed by atoms with van der Waals surface area (Å²) >= 11 is 9.19. The molecule has 0 amide bonds. The molecule has 102 valence electrons. The van der Waals surface area contributed by atoms with Gasteiger partial charge in [0.1, 0.15) is 12.4 Å². The number of rotatable bonds is 7. The molecule has 2 rings (SSSR count). The van der Waals surface area contributed by atoms with Crippen molar-refractivity contribution in [3.8, 4) is 5.75 Å². The number of benzene rings is 1. The standard InChI is InChI=1S/C14H16ClNOS2/c1-18-13-5-3-2-4-12(13)17-9-8-16-10-11-6-7-14(15)19-11/h2-7,16H,8-10H2,1H3. The van der Waals surface area contributed by atoms with Gasteiger partial charge in [0, 0.05) is 22.9 Å². The van der Waals surface area contributed by atoms with Crippen molar-refractivity contribution in [2.45, 2.75) is 11.4 Å². The average molecular weight is 314 g/mol. The van der Waals surface area contributed by atoms with Crippen LogP contribution in [0.25, 0.3) is 0 Å². The first-order valence-electron chi connectivity index (χ1n) is 6.00. The van der Waals surface area contributed by atoms with Gasteiger partial charge in [-0.25, -0.2) is 0 Å². The second kappa shape index (κ2) is 7.80. The van der Waals surface area contributed by atoms with E-state index in [1.165, 1.54) is 9.77 Å². The van der Waals surface area contributed by atoms with Crippen molar-refractivity contribution in [1.29, 1.82) is 0 Å². The molecule has 1 N–H and O–H groups in total. The second-order valence-electron chi connectivity index (χ2n) is 3.88. The second-order valence-corrected chi connectivity index (χ2v) is 6.53. The van der Waals surface area contributed by atoms with E-state index in [0.717, 1.165) is 23.2 Å². The third-order valence-electron chi connectivity index (χ3n) is 2.53. The summed E-state index contributed by atoms with van der Waals surface area (Å²) < 4.78 is 6.60. The van der Waals surface area contributed by atoms with Crippen molar-refractivity contribution in [2.24, 2.45) is 0 Å². The van der Waals surface area contributed by atoms with Crippen LogP contribution >= 0.6 is 34.7 Å². The molecular formula is C14H16ClNOS2. The van der Waals surface area contributed by atoms with Gasteiger partial charge in [0.2, 0.25) is 0 Å². The molecule has 0 saturated heterocycles. The van der Waals surface area contributed by atoms with Crippen LogP contribution in [0.3, 0.4) is 0 Å². The van der Waals surface area contributed by atoms with E-state index < -0.39 is 0 Å². The lowest BCUT2D eigenvalue weighted by molar-refractivity contribution is 0.307. The number of nitrogens with one attached hydrogen (secondary N) is 1. The molecule has 2 aromatic rings. The topological polar surface area (TPSA) is 21.3 Å². The Balaban J connectivity index is 1.69. The Bertz CT molecular complexity index is 516. The number of ether oxygens (including phenoxy) is 1. The third kappa shape index (κ3) is 4.73. The number of thioether (sulfide) groups is 1. The fourth-order valence-corrected chi connectivity index (χ4v) is 3.23. The van der Waals surface area contributed by atoms with E-state index in [1.807, 2.05) is 30.3 Å². The molecule has 2 nitrogen and oxygen atoms in total. The average Bonchev–Trinajstić information content (AvgIpc) is 2.84. The highest BCUT2D eigenvalue weighted by Gasteiger charge is 2.01. The number of hydrogen-bond donors (Lipinski definition) is 1. The lowest BCUT2D eigenvalue weighted by Crippen LogP contribution is -2.20. The molecule has 5 heteroatoms. The van der Waals surface area contributed by atoms with Crippen molar-refractivity contribution >= 4 is 34.7 Å². The zero-order valence-corrected chi connectivity index (χ0v) is 13.1. The number of para-hydroxylation sites is 1. The summed E-state index contributed by atoms with van der Waals surface area (Å²) in [5.74, 6) is 0.955. The Hall–Kier alpha value is -0.680. The largest absolute Gasteiger partial charge is 0.491 e. The molecule has 0 fully saturated rings. The first-order chi connectivity index (χ1) is 9.29. The van der Waals surface area contributed by atoms with Crippen molar-refractivity contribution in [3.63, 3.8) is 0 Å². The van der Waals surface area contributed by atoms with E-state index in [1.54, 1.807) is 23.1 Å². The van der Waals surface area contributed by atoms with Gasteiger partial charge in [-0.15, -0.1) is 23.1 Å². The van der Waals surface area contributed by atoms with Crippen LogP contribution in [0.15, 0.2) is 41.3 Å². The Morgan fingerprint density at radius 2 is 2.11 bits per heavy atom. The van der Waals surface area contributed by atoms with Crippen LogP contribution in [-0.4, -0.2) is 19.4 Å². The fraction of sp³-hybridized carbons (Fsp3) is 0.286. The predicted molar refractivity (Wildman–Crippen MR) is 84.8 cm³/mol. The van der Waals surface area contributed by atoms with E-state index in [-0.39, 0.29) is 0 Å². The molecule has 0 spiro atoms. The molecule has 0 aliphatic heterocycles. The Labute approximate surface area is 127 Å². The van der Waals surface area contributed by atoms with Gasteiger partial charge >= 0.3 is 0 Å². The van der Waals surface area contributed by atoms with Crippen molar-refractivity contribution < 1.29 is 4.74 Å². The first kappa shape index (κ1) is 14.7. The van der Waals surface area contributed by atoms with Gasteiger partial charge in [0.25, 0.3) is 0 Å². The summed E-state index contributed by atoms with van der Waals surface area (Å²) in [6.07, 6.45) is 2.06. The quantitative estimate of drug-likeness (QED) is 0.608. The van der Waals surface area contributed by atoms with E-state index in [0.29, 0.717) is 6.61 Å². The first-order valence-corrected chi connectivity index (χ1v) is 8.42. The van der Waals surface area contributed by atoms with Crippen LogP contribution in [0.4, 0.5) is 0 Å². The van der Waals surface area contributed by atoms with Crippen molar-refractivity contribution in [3.05, 3.63) is 45.6 Å². The van der Waals surface area contributed by atoms with Gasteiger partial charge in [-0.2, -0.15) is 0 Å². The van der Waals surface area contributed by atoms with Crippen LogP contribution in [0.5, 0.6) is 5.75 Å². The molecule has 0 unspecified atom stereocenters. The summed E-state index contributed by atoms with van der Waals surface area (Å²) in [4.78, 5) is 2.42. The molecule has 0 radical (unpaired) electrons. The van der Waals surface area contributed by atoms with E-state index in [2.05, 4.69) is 17.6 Å². The monoisotopic (exact) mass is 313 g/mol. The van der Waals surface area contributed by atoms with Crippen LogP contribution in [-0.2, 0) is 6.54 Å². The van der Waals surface area contributed by atoms with E-state index in [4.69, 9.17) is 16.3 Å². The van der Waals surface area contributed by atoms with Crippen LogP contribution < -0.4 is 10.1 Å². The van der Waals surface area contributed by atoms with Crippen molar-refractivity contribution in [1.82, 2.24) is 5.32 Å². The summed E-state index contributed by atoms with van der Waals surface area (Å²) in [7, 11) is 0. The number of halogens is 1. The molecule has 0 saturated carbocycles.